The molecule has 2 N–H and O–H groups in total. The number of nitrogens with one attached hydrogen (secondary N) is 1. The molecule has 0 saturated carbocycles. The number of amides is 2. The fraction of sp³-hybridized carbons (Fsp3) is 0.278. The van der Waals surface area contributed by atoms with E-state index in [1.54, 1.807) is 0 Å². The molecule has 2 aromatic rings. The molecule has 2 amide bonds. The first kappa shape index (κ1) is 15.6. The molecule has 0 atom stereocenters. The van der Waals surface area contributed by atoms with Gasteiger partial charge in [0.25, 0.3) is 11.8 Å². The van der Waals surface area contributed by atoms with Gasteiger partial charge in [0.05, 0.1) is 25.0 Å². The van der Waals surface area contributed by atoms with Gasteiger partial charge in [0.1, 0.15) is 11.5 Å². The van der Waals surface area contributed by atoms with Crippen molar-refractivity contribution in [3.05, 3.63) is 48.1 Å². The molecule has 0 bridgehead atoms. The number of imidazole rings is 1. The minimum Gasteiger partial charge on any atom is -0.395 e. The van der Waals surface area contributed by atoms with E-state index >= 15 is 0 Å². The van der Waals surface area contributed by atoms with E-state index in [1.807, 2.05) is 30.5 Å². The number of hydrogen-bond donors (Lipinski definition) is 2. The third-order valence-corrected chi connectivity index (χ3v) is 4.51. The Bertz CT molecular complexity index is 867. The number of carbonyl (C=O) groups is 2. The Morgan fingerprint density at radius 3 is 2.76 bits per heavy atom. The third-order valence-electron chi connectivity index (χ3n) is 4.51. The number of aryl methyl sites for hydroxylation is 1. The zero-order chi connectivity index (χ0) is 17.4. The van der Waals surface area contributed by atoms with E-state index in [-0.39, 0.29) is 18.8 Å². The van der Waals surface area contributed by atoms with Crippen molar-refractivity contribution in [3.8, 4) is 11.3 Å². The number of imide groups is 1. The molecule has 4 rings (SSSR count). The Balaban J connectivity index is 1.51. The zero-order valence-corrected chi connectivity index (χ0v) is 13.6. The number of fused-ring (bicyclic) bond motifs is 1. The first-order valence-corrected chi connectivity index (χ1v) is 8.27. The number of rotatable bonds is 5. The van der Waals surface area contributed by atoms with Crippen LogP contribution in [0.15, 0.2) is 42.2 Å². The van der Waals surface area contributed by atoms with Gasteiger partial charge in [-0.05, 0) is 24.1 Å². The molecular formula is C18H18N4O3. The van der Waals surface area contributed by atoms with Gasteiger partial charge in [0.2, 0.25) is 0 Å². The van der Waals surface area contributed by atoms with Crippen LogP contribution >= 0.6 is 0 Å². The molecule has 1 aromatic heterocycles. The summed E-state index contributed by atoms with van der Waals surface area (Å²) in [6, 6.07) is 7.69. The van der Waals surface area contributed by atoms with Gasteiger partial charge in [-0.3, -0.25) is 14.5 Å². The maximum atomic E-state index is 12.1. The number of aromatic nitrogens is 2. The van der Waals surface area contributed by atoms with Crippen molar-refractivity contribution < 1.29 is 14.7 Å². The number of carbonyl (C=O) groups excluding carboxylic acids is 2. The van der Waals surface area contributed by atoms with E-state index < -0.39 is 11.8 Å². The van der Waals surface area contributed by atoms with Crippen molar-refractivity contribution in [2.45, 2.75) is 19.4 Å². The highest BCUT2D eigenvalue weighted by Gasteiger charge is 2.30. The molecule has 0 spiro atoms. The summed E-state index contributed by atoms with van der Waals surface area (Å²) >= 11 is 0. The predicted molar refractivity (Wildman–Crippen MR) is 91.5 cm³/mol. The number of anilines is 1. The average molecular weight is 338 g/mol. The van der Waals surface area contributed by atoms with Crippen LogP contribution in [0.4, 0.5) is 5.69 Å². The van der Waals surface area contributed by atoms with Crippen LogP contribution in [-0.4, -0.2) is 44.5 Å². The molecule has 2 aliphatic rings. The maximum Gasteiger partial charge on any atom is 0.277 e. The smallest absolute Gasteiger partial charge is 0.277 e. The van der Waals surface area contributed by atoms with Gasteiger partial charge in [-0.2, -0.15) is 0 Å². The maximum absolute atomic E-state index is 12.1. The number of β-amino-alcohol motifs (C(OH)–C–C–N with tert-alkyl or cyclic N) is 1. The highest BCUT2D eigenvalue weighted by Crippen LogP contribution is 2.27. The number of benzene rings is 1. The van der Waals surface area contributed by atoms with Crippen LogP contribution in [-0.2, 0) is 22.6 Å². The summed E-state index contributed by atoms with van der Waals surface area (Å²) in [5, 5.41) is 11.9. The molecule has 1 aromatic carbocycles. The molecule has 0 unspecified atom stereocenters. The highest BCUT2D eigenvalue weighted by molar-refractivity contribution is 6.17. The van der Waals surface area contributed by atoms with Gasteiger partial charge in [-0.15, -0.1) is 0 Å². The summed E-state index contributed by atoms with van der Waals surface area (Å²) in [7, 11) is 0. The number of hydrogen-bond acceptors (Lipinski definition) is 5. The van der Waals surface area contributed by atoms with Crippen molar-refractivity contribution in [1.82, 2.24) is 14.5 Å². The van der Waals surface area contributed by atoms with Gasteiger partial charge in [-0.25, -0.2) is 4.98 Å². The predicted octanol–water partition coefficient (Wildman–Crippen LogP) is 1.15. The van der Waals surface area contributed by atoms with Crippen LogP contribution in [0.5, 0.6) is 0 Å². The van der Waals surface area contributed by atoms with Crippen LogP contribution in [0.25, 0.3) is 11.3 Å². The van der Waals surface area contributed by atoms with Crippen LogP contribution in [0.3, 0.4) is 0 Å². The molecule has 0 saturated heterocycles. The van der Waals surface area contributed by atoms with E-state index in [0.717, 1.165) is 47.1 Å². The summed E-state index contributed by atoms with van der Waals surface area (Å²) in [6.07, 6.45) is 5.31. The van der Waals surface area contributed by atoms with E-state index in [4.69, 9.17) is 5.11 Å². The lowest BCUT2D eigenvalue weighted by Crippen LogP contribution is -2.34. The second kappa shape index (κ2) is 6.18. The Kier molecular flexibility index (Phi) is 3.85. The van der Waals surface area contributed by atoms with Crippen molar-refractivity contribution in [3.63, 3.8) is 0 Å². The molecule has 2 aliphatic heterocycles. The van der Waals surface area contributed by atoms with Crippen LogP contribution in [0.2, 0.25) is 0 Å². The first-order chi connectivity index (χ1) is 12.2. The normalized spacial score (nSPS) is 16.4. The summed E-state index contributed by atoms with van der Waals surface area (Å²) in [4.78, 5) is 29.4. The molecule has 3 heterocycles. The number of nitrogens with zero attached hydrogens (tertiary/aromatic N) is 3. The lowest BCUT2D eigenvalue weighted by molar-refractivity contribution is -0.137. The Hall–Kier alpha value is -2.93. The van der Waals surface area contributed by atoms with Crippen molar-refractivity contribution in [2.24, 2.45) is 0 Å². The van der Waals surface area contributed by atoms with E-state index in [9.17, 15) is 9.59 Å². The van der Waals surface area contributed by atoms with Gasteiger partial charge in [0, 0.05) is 24.7 Å². The van der Waals surface area contributed by atoms with Gasteiger partial charge < -0.3 is 15.0 Å². The molecule has 7 nitrogen and oxygen atoms in total. The Labute approximate surface area is 144 Å². The highest BCUT2D eigenvalue weighted by atomic mass is 16.3. The first-order valence-electron chi connectivity index (χ1n) is 8.27. The van der Waals surface area contributed by atoms with Crippen LogP contribution in [0.1, 0.15) is 12.2 Å². The van der Waals surface area contributed by atoms with E-state index in [0.29, 0.717) is 0 Å². The van der Waals surface area contributed by atoms with Gasteiger partial charge in [-0.1, -0.05) is 12.1 Å². The third kappa shape index (κ3) is 2.72. The topological polar surface area (TPSA) is 87.5 Å². The average Bonchev–Trinajstić information content (AvgIpc) is 3.28. The monoisotopic (exact) mass is 338 g/mol. The van der Waals surface area contributed by atoms with Crippen molar-refractivity contribution in [2.75, 3.05) is 18.5 Å². The summed E-state index contributed by atoms with van der Waals surface area (Å²) in [5.74, 6) is 0.297. The fourth-order valence-electron chi connectivity index (χ4n) is 3.28. The molecule has 128 valence electrons. The van der Waals surface area contributed by atoms with E-state index in [1.165, 1.54) is 6.08 Å². The molecule has 0 aliphatic carbocycles. The van der Waals surface area contributed by atoms with Gasteiger partial charge >= 0.3 is 0 Å². The zero-order valence-electron chi connectivity index (χ0n) is 13.6. The number of aliphatic hydroxyl groups is 1. The Morgan fingerprint density at radius 1 is 1.20 bits per heavy atom. The lowest BCUT2D eigenvalue weighted by Gasteiger charge is -2.13. The standard InChI is InChI=1S/C18H18N4O3/c23-9-8-22-17(24)10-14(18(22)25)20-13-5-3-12(4-6-13)15-11-19-16-2-1-7-21(15)16/h3-6,10-11,20,23H,1-2,7-9H2. The summed E-state index contributed by atoms with van der Waals surface area (Å²) < 4.78 is 2.23. The second-order valence-electron chi connectivity index (χ2n) is 6.09. The molecular weight excluding hydrogens is 320 g/mol. The molecule has 0 fully saturated rings. The Morgan fingerprint density at radius 2 is 2.00 bits per heavy atom. The molecule has 7 heteroatoms. The summed E-state index contributed by atoms with van der Waals surface area (Å²) in [5.41, 5.74) is 3.11. The minimum atomic E-state index is -0.420. The van der Waals surface area contributed by atoms with Crippen LogP contribution in [0, 0.1) is 0 Å². The van der Waals surface area contributed by atoms with Crippen molar-refractivity contribution >= 4 is 17.5 Å². The van der Waals surface area contributed by atoms with Crippen molar-refractivity contribution in [1.29, 1.82) is 0 Å². The number of aliphatic hydroxyl groups excluding tert-OH is 1. The molecule has 0 radical (unpaired) electrons. The van der Waals surface area contributed by atoms with Crippen LogP contribution < -0.4 is 5.32 Å². The molecule has 25 heavy (non-hydrogen) atoms. The second-order valence-corrected chi connectivity index (χ2v) is 6.09. The lowest BCUT2D eigenvalue weighted by atomic mass is 10.1. The SMILES string of the molecule is O=C1C=C(Nc2ccc(-c3cnc4n3CCC4)cc2)C(=O)N1CCO. The summed E-state index contributed by atoms with van der Waals surface area (Å²) in [6.45, 7) is 0.752. The largest absolute Gasteiger partial charge is 0.395 e. The fourth-order valence-corrected chi connectivity index (χ4v) is 3.28. The van der Waals surface area contributed by atoms with Gasteiger partial charge in [0.15, 0.2) is 0 Å². The minimum absolute atomic E-state index is 0.00457. The van der Waals surface area contributed by atoms with E-state index in [2.05, 4.69) is 14.9 Å². The quantitative estimate of drug-likeness (QED) is 0.799.